The number of hydrogen-bond donors (Lipinski definition) is 1. The molecular weight excluding hydrogens is 350 g/mol. The molecule has 0 unspecified atom stereocenters. The summed E-state index contributed by atoms with van der Waals surface area (Å²) in [5, 5.41) is 3.85. The fraction of sp³-hybridized carbons (Fsp3) is 0.667. The average Bonchev–Trinajstić information content (AvgIpc) is 2.66. The third-order valence-corrected chi connectivity index (χ3v) is 8.25. The fourth-order valence-corrected chi connectivity index (χ4v) is 7.62. The van der Waals surface area contributed by atoms with Crippen molar-refractivity contribution in [2.24, 2.45) is 0 Å². The van der Waals surface area contributed by atoms with Gasteiger partial charge < -0.3 is 5.32 Å². The monoisotopic (exact) mass is 361 g/mol. The molecule has 0 aromatic rings. The SMILES string of the molecule is O=S1(=O)C=C(Cl)[C@H](SC(=S)N[C@@H]2CCS(=O)(=O)C2)C1. The normalized spacial score (nSPS) is 31.9. The van der Waals surface area contributed by atoms with Crippen LogP contribution in [0.1, 0.15) is 6.42 Å². The Morgan fingerprint density at radius 2 is 2.05 bits per heavy atom. The van der Waals surface area contributed by atoms with Gasteiger partial charge in [0.1, 0.15) is 4.32 Å². The molecule has 0 aromatic heterocycles. The molecule has 2 aliphatic rings. The van der Waals surface area contributed by atoms with Gasteiger partial charge in [-0.1, -0.05) is 35.6 Å². The summed E-state index contributed by atoms with van der Waals surface area (Å²) in [4.78, 5) is 0. The summed E-state index contributed by atoms with van der Waals surface area (Å²) in [6, 6.07) is -0.189. The highest BCUT2D eigenvalue weighted by molar-refractivity contribution is 8.24. The van der Waals surface area contributed by atoms with Crippen molar-refractivity contribution < 1.29 is 16.8 Å². The summed E-state index contributed by atoms with van der Waals surface area (Å²) in [6.07, 6.45) is 0.523. The van der Waals surface area contributed by atoms with E-state index in [1.165, 1.54) is 0 Å². The molecule has 1 fully saturated rings. The predicted molar refractivity (Wildman–Crippen MR) is 81.9 cm³/mol. The largest absolute Gasteiger partial charge is 0.367 e. The molecule has 0 aliphatic carbocycles. The minimum Gasteiger partial charge on any atom is -0.367 e. The zero-order chi connectivity index (χ0) is 14.3. The first-order chi connectivity index (χ1) is 8.67. The van der Waals surface area contributed by atoms with Gasteiger partial charge in [0.15, 0.2) is 19.7 Å². The second-order valence-electron chi connectivity index (χ2n) is 4.47. The number of hydrogen-bond acceptors (Lipinski definition) is 6. The molecule has 2 aliphatic heterocycles. The Kier molecular flexibility index (Phi) is 4.51. The third-order valence-electron chi connectivity index (χ3n) is 2.79. The van der Waals surface area contributed by atoms with Crippen LogP contribution in [0.2, 0.25) is 0 Å². The van der Waals surface area contributed by atoms with E-state index < -0.39 is 24.9 Å². The summed E-state index contributed by atoms with van der Waals surface area (Å²) < 4.78 is 45.7. The van der Waals surface area contributed by atoms with E-state index in [1.807, 2.05) is 0 Å². The van der Waals surface area contributed by atoms with E-state index in [0.29, 0.717) is 10.7 Å². The molecule has 108 valence electrons. The van der Waals surface area contributed by atoms with Crippen LogP contribution in [0.15, 0.2) is 10.4 Å². The van der Waals surface area contributed by atoms with Crippen molar-refractivity contribution in [2.75, 3.05) is 17.3 Å². The molecular formula is C9H12ClNO4S4. The lowest BCUT2D eigenvalue weighted by Crippen LogP contribution is -2.34. The molecule has 0 saturated carbocycles. The molecule has 0 amide bonds. The number of thioether (sulfide) groups is 1. The minimum atomic E-state index is -3.23. The molecule has 2 atom stereocenters. The van der Waals surface area contributed by atoms with Crippen molar-refractivity contribution in [2.45, 2.75) is 17.7 Å². The number of sulfone groups is 2. The third kappa shape index (κ3) is 4.32. The summed E-state index contributed by atoms with van der Waals surface area (Å²) in [5.74, 6) is 0.165. The van der Waals surface area contributed by atoms with Gasteiger partial charge in [-0.2, -0.15) is 0 Å². The molecule has 19 heavy (non-hydrogen) atoms. The number of nitrogens with one attached hydrogen (secondary N) is 1. The topological polar surface area (TPSA) is 80.3 Å². The van der Waals surface area contributed by atoms with Gasteiger partial charge in [0.25, 0.3) is 0 Å². The number of thiocarbonyl (C=S) groups is 1. The van der Waals surface area contributed by atoms with Crippen LogP contribution in [0.4, 0.5) is 0 Å². The van der Waals surface area contributed by atoms with Crippen molar-refractivity contribution in [3.05, 3.63) is 10.4 Å². The lowest BCUT2D eigenvalue weighted by molar-refractivity contribution is 0.600. The van der Waals surface area contributed by atoms with E-state index in [4.69, 9.17) is 23.8 Å². The van der Waals surface area contributed by atoms with Crippen LogP contribution in [0, 0.1) is 0 Å². The first kappa shape index (κ1) is 15.6. The molecule has 0 spiro atoms. The van der Waals surface area contributed by atoms with Crippen molar-refractivity contribution in [1.82, 2.24) is 5.32 Å². The van der Waals surface area contributed by atoms with Crippen LogP contribution in [0.5, 0.6) is 0 Å². The van der Waals surface area contributed by atoms with Gasteiger partial charge in [-0.15, -0.1) is 0 Å². The maximum absolute atomic E-state index is 11.3. The van der Waals surface area contributed by atoms with Gasteiger partial charge in [-0.05, 0) is 6.42 Å². The maximum Gasteiger partial charge on any atom is 0.174 e. The van der Waals surface area contributed by atoms with E-state index in [-0.39, 0.29) is 28.3 Å². The lowest BCUT2D eigenvalue weighted by atomic mass is 10.3. The Hall–Kier alpha value is 0.170. The molecule has 2 rings (SSSR count). The van der Waals surface area contributed by atoms with Crippen molar-refractivity contribution >= 4 is 59.6 Å². The van der Waals surface area contributed by atoms with E-state index in [1.54, 1.807) is 0 Å². The Labute approximate surface area is 127 Å². The van der Waals surface area contributed by atoms with E-state index >= 15 is 0 Å². The molecule has 5 nitrogen and oxygen atoms in total. The van der Waals surface area contributed by atoms with Gasteiger partial charge in [0, 0.05) is 16.5 Å². The quantitative estimate of drug-likeness (QED) is 0.723. The van der Waals surface area contributed by atoms with Crippen molar-refractivity contribution in [3.63, 3.8) is 0 Å². The van der Waals surface area contributed by atoms with Gasteiger partial charge in [0.05, 0.1) is 22.5 Å². The van der Waals surface area contributed by atoms with Crippen LogP contribution < -0.4 is 5.32 Å². The van der Waals surface area contributed by atoms with Gasteiger partial charge in [-0.3, -0.25) is 0 Å². The minimum absolute atomic E-state index is 0.0682. The highest BCUT2D eigenvalue weighted by Gasteiger charge is 2.32. The first-order valence-corrected chi connectivity index (χ1v) is 10.6. The summed E-state index contributed by atoms with van der Waals surface area (Å²) >= 11 is 12.1. The van der Waals surface area contributed by atoms with E-state index in [2.05, 4.69) is 5.32 Å². The zero-order valence-corrected chi connectivity index (χ0v) is 13.7. The van der Waals surface area contributed by atoms with Crippen LogP contribution >= 0.6 is 35.6 Å². The summed E-state index contributed by atoms with van der Waals surface area (Å²) in [7, 11) is -6.20. The van der Waals surface area contributed by atoms with Crippen molar-refractivity contribution in [1.29, 1.82) is 0 Å². The average molecular weight is 362 g/mol. The molecule has 1 saturated heterocycles. The van der Waals surface area contributed by atoms with Crippen LogP contribution in [0.3, 0.4) is 0 Å². The standard InChI is InChI=1S/C9H12ClNO4S4/c10-7-4-19(14,15)5-8(7)17-9(16)11-6-1-2-18(12,13)3-6/h4,6,8H,1-3,5H2,(H,11,16)/t6-,8-/m1/s1. The van der Waals surface area contributed by atoms with Crippen LogP contribution in [0.25, 0.3) is 0 Å². The molecule has 0 radical (unpaired) electrons. The second-order valence-corrected chi connectivity index (χ2v) is 10.9. The highest BCUT2D eigenvalue weighted by Crippen LogP contribution is 2.31. The smallest absolute Gasteiger partial charge is 0.174 e. The van der Waals surface area contributed by atoms with Gasteiger partial charge in [-0.25, -0.2) is 16.8 Å². The molecule has 0 bridgehead atoms. The van der Waals surface area contributed by atoms with Gasteiger partial charge >= 0.3 is 0 Å². The van der Waals surface area contributed by atoms with Crippen molar-refractivity contribution in [3.8, 4) is 0 Å². The molecule has 2 heterocycles. The van der Waals surface area contributed by atoms with Crippen LogP contribution in [-0.2, 0) is 19.7 Å². The first-order valence-electron chi connectivity index (χ1n) is 5.44. The number of halogens is 1. The van der Waals surface area contributed by atoms with Gasteiger partial charge in [0.2, 0.25) is 0 Å². The highest BCUT2D eigenvalue weighted by atomic mass is 35.5. The zero-order valence-electron chi connectivity index (χ0n) is 9.70. The maximum atomic E-state index is 11.3. The van der Waals surface area contributed by atoms with E-state index in [9.17, 15) is 16.8 Å². The Bertz CT molecular complexity index is 625. The fourth-order valence-electron chi connectivity index (χ4n) is 1.92. The number of rotatable bonds is 2. The Balaban J connectivity index is 1.88. The molecule has 0 aromatic carbocycles. The Morgan fingerprint density at radius 3 is 2.53 bits per heavy atom. The van der Waals surface area contributed by atoms with E-state index in [0.717, 1.165) is 17.2 Å². The summed E-state index contributed by atoms with van der Waals surface area (Å²) in [6.45, 7) is 0. The molecule has 10 heteroatoms. The predicted octanol–water partition coefficient (Wildman–Crippen LogP) is 0.658. The lowest BCUT2D eigenvalue weighted by Gasteiger charge is -2.15. The molecule has 1 N–H and O–H groups in total. The summed E-state index contributed by atoms with van der Waals surface area (Å²) in [5.41, 5.74) is 0. The second kappa shape index (κ2) is 5.51. The Morgan fingerprint density at radius 1 is 1.37 bits per heavy atom. The van der Waals surface area contributed by atoms with Crippen LogP contribution in [-0.4, -0.2) is 49.7 Å².